The van der Waals surface area contributed by atoms with Crippen LogP contribution in [0, 0.1) is 11.6 Å². The molecule has 0 spiro atoms. The van der Waals surface area contributed by atoms with Gasteiger partial charge in [-0.2, -0.15) is 8.78 Å². The maximum atomic E-state index is 13.8. The SMILES string of the molecule is COc1cccc(O[B]Oc2cccc(OC)c2F)c1F. The van der Waals surface area contributed by atoms with Gasteiger partial charge in [-0.25, -0.2) is 0 Å². The molecule has 0 bridgehead atoms. The number of hydrogen-bond donors (Lipinski definition) is 0. The van der Waals surface area contributed by atoms with Crippen molar-refractivity contribution in [2.24, 2.45) is 0 Å². The summed E-state index contributed by atoms with van der Waals surface area (Å²) in [5.41, 5.74) is 0. The molecule has 0 saturated heterocycles. The molecule has 7 heteroatoms. The van der Waals surface area contributed by atoms with Gasteiger partial charge in [0.1, 0.15) is 11.5 Å². The summed E-state index contributed by atoms with van der Waals surface area (Å²) in [6.07, 6.45) is 0. The Morgan fingerprint density at radius 3 is 1.48 bits per heavy atom. The third kappa shape index (κ3) is 3.36. The number of methoxy groups -OCH3 is 2. The summed E-state index contributed by atoms with van der Waals surface area (Å²) in [7, 11) is 3.51. The summed E-state index contributed by atoms with van der Waals surface area (Å²) in [5.74, 6) is -1.48. The second-order valence-electron chi connectivity index (χ2n) is 3.88. The lowest BCUT2D eigenvalue weighted by atomic mass is 10.2. The van der Waals surface area contributed by atoms with Crippen LogP contribution in [-0.2, 0) is 0 Å². The molecule has 0 aliphatic rings. The van der Waals surface area contributed by atoms with Crippen LogP contribution in [0.2, 0.25) is 0 Å². The lowest BCUT2D eigenvalue weighted by Gasteiger charge is -2.10. The Morgan fingerprint density at radius 2 is 1.10 bits per heavy atom. The Labute approximate surface area is 121 Å². The molecule has 0 atom stereocenters. The average Bonchev–Trinajstić information content (AvgIpc) is 2.50. The minimum Gasteiger partial charge on any atom is -0.524 e. The van der Waals surface area contributed by atoms with Crippen LogP contribution < -0.4 is 18.8 Å². The Bertz CT molecular complexity index is 568. The topological polar surface area (TPSA) is 36.9 Å². The molecule has 0 unspecified atom stereocenters. The average molecular weight is 293 g/mol. The lowest BCUT2D eigenvalue weighted by molar-refractivity contribution is 0.362. The highest BCUT2D eigenvalue weighted by Gasteiger charge is 2.14. The molecule has 1 radical (unpaired) electrons. The van der Waals surface area contributed by atoms with E-state index in [0.29, 0.717) is 0 Å². The third-order valence-electron chi connectivity index (χ3n) is 2.65. The van der Waals surface area contributed by atoms with Crippen molar-refractivity contribution in [3.05, 3.63) is 48.0 Å². The molecule has 2 aromatic rings. The van der Waals surface area contributed by atoms with Crippen molar-refractivity contribution in [1.29, 1.82) is 0 Å². The molecule has 0 saturated carbocycles. The molecule has 0 amide bonds. The van der Waals surface area contributed by atoms with Crippen LogP contribution in [0.4, 0.5) is 8.78 Å². The standard InChI is InChI=1S/C14H12BF2O4/c1-18-9-5-3-7-11(13(9)16)20-15-21-12-8-4-6-10(19-2)14(12)17/h3-8H,1-2H3. The third-order valence-corrected chi connectivity index (χ3v) is 2.65. The van der Waals surface area contributed by atoms with E-state index in [2.05, 4.69) is 0 Å². The predicted molar refractivity (Wildman–Crippen MR) is 72.9 cm³/mol. The second-order valence-corrected chi connectivity index (χ2v) is 3.88. The lowest BCUT2D eigenvalue weighted by Crippen LogP contribution is -2.13. The van der Waals surface area contributed by atoms with Crippen LogP contribution in [0.5, 0.6) is 23.0 Å². The molecule has 0 N–H and O–H groups in total. The molecular formula is C14H12BF2O4. The van der Waals surface area contributed by atoms with E-state index in [1.807, 2.05) is 0 Å². The first-order valence-corrected chi connectivity index (χ1v) is 5.97. The molecule has 2 rings (SSSR count). The van der Waals surface area contributed by atoms with E-state index in [4.69, 9.17) is 18.8 Å². The summed E-state index contributed by atoms with van der Waals surface area (Å²) in [4.78, 5) is 0. The second kappa shape index (κ2) is 6.83. The summed E-state index contributed by atoms with van der Waals surface area (Å²) < 4.78 is 47.2. The Hall–Kier alpha value is -2.44. The summed E-state index contributed by atoms with van der Waals surface area (Å²) in [6.45, 7) is 0. The van der Waals surface area contributed by atoms with Crippen molar-refractivity contribution in [2.75, 3.05) is 14.2 Å². The van der Waals surface area contributed by atoms with Crippen LogP contribution in [0.1, 0.15) is 0 Å². The van der Waals surface area contributed by atoms with Crippen LogP contribution >= 0.6 is 0 Å². The van der Waals surface area contributed by atoms with Crippen molar-refractivity contribution in [1.82, 2.24) is 0 Å². The van der Waals surface area contributed by atoms with E-state index in [9.17, 15) is 8.78 Å². The number of rotatable bonds is 6. The van der Waals surface area contributed by atoms with Gasteiger partial charge in [-0.3, -0.25) is 0 Å². The summed E-state index contributed by atoms with van der Waals surface area (Å²) in [5, 5.41) is 0. The maximum Gasteiger partial charge on any atom is 0.658 e. The van der Waals surface area contributed by atoms with E-state index in [1.165, 1.54) is 38.5 Å². The Kier molecular flexibility index (Phi) is 4.87. The van der Waals surface area contributed by atoms with Gasteiger partial charge in [-0.1, -0.05) is 12.1 Å². The molecule has 21 heavy (non-hydrogen) atoms. The van der Waals surface area contributed by atoms with Gasteiger partial charge in [-0.05, 0) is 24.3 Å². The number of ether oxygens (including phenoxy) is 2. The molecule has 0 fully saturated rings. The van der Waals surface area contributed by atoms with Crippen LogP contribution in [0.25, 0.3) is 0 Å². The fourth-order valence-corrected chi connectivity index (χ4v) is 1.61. The largest absolute Gasteiger partial charge is 0.658 e. The molecule has 0 aliphatic carbocycles. The number of benzene rings is 2. The van der Waals surface area contributed by atoms with E-state index in [1.54, 1.807) is 12.1 Å². The van der Waals surface area contributed by atoms with Crippen LogP contribution in [0.15, 0.2) is 36.4 Å². The zero-order valence-corrected chi connectivity index (χ0v) is 11.4. The monoisotopic (exact) mass is 293 g/mol. The van der Waals surface area contributed by atoms with E-state index in [0.717, 1.165) is 7.69 Å². The van der Waals surface area contributed by atoms with Crippen LogP contribution in [-0.4, -0.2) is 21.9 Å². The minimum atomic E-state index is -0.675. The molecule has 0 heterocycles. The quantitative estimate of drug-likeness (QED) is 0.767. The van der Waals surface area contributed by atoms with Gasteiger partial charge in [0.2, 0.25) is 11.6 Å². The zero-order valence-electron chi connectivity index (χ0n) is 11.4. The summed E-state index contributed by atoms with van der Waals surface area (Å²) in [6, 6.07) is 8.78. The van der Waals surface area contributed by atoms with E-state index < -0.39 is 11.6 Å². The normalized spacial score (nSPS) is 9.90. The smallest absolute Gasteiger partial charge is 0.524 e. The first-order chi connectivity index (χ1) is 10.2. The van der Waals surface area contributed by atoms with E-state index in [-0.39, 0.29) is 23.0 Å². The fraction of sp³-hybridized carbons (Fsp3) is 0.143. The van der Waals surface area contributed by atoms with Crippen molar-refractivity contribution in [3.63, 3.8) is 0 Å². The number of hydrogen-bond acceptors (Lipinski definition) is 4. The highest BCUT2D eigenvalue weighted by atomic mass is 19.1. The van der Waals surface area contributed by atoms with Gasteiger partial charge in [0, 0.05) is 0 Å². The predicted octanol–water partition coefficient (Wildman–Crippen LogP) is 2.97. The van der Waals surface area contributed by atoms with Gasteiger partial charge in [-0.15, -0.1) is 0 Å². The zero-order chi connectivity index (χ0) is 15.2. The Balaban J connectivity index is 2.02. The van der Waals surface area contributed by atoms with Gasteiger partial charge >= 0.3 is 7.69 Å². The highest BCUT2D eigenvalue weighted by Crippen LogP contribution is 2.27. The minimum absolute atomic E-state index is 0.0356. The van der Waals surface area contributed by atoms with Crippen LogP contribution in [0.3, 0.4) is 0 Å². The summed E-state index contributed by atoms with van der Waals surface area (Å²) >= 11 is 0. The van der Waals surface area contributed by atoms with E-state index >= 15 is 0 Å². The first-order valence-electron chi connectivity index (χ1n) is 5.97. The maximum absolute atomic E-state index is 13.8. The molecular weight excluding hydrogens is 281 g/mol. The van der Waals surface area contributed by atoms with Crippen molar-refractivity contribution in [3.8, 4) is 23.0 Å². The number of halogens is 2. The molecule has 4 nitrogen and oxygen atoms in total. The van der Waals surface area contributed by atoms with Crippen molar-refractivity contribution >= 4 is 7.69 Å². The first kappa shape index (κ1) is 15.0. The molecule has 0 aromatic heterocycles. The van der Waals surface area contributed by atoms with Gasteiger partial charge < -0.3 is 18.8 Å². The van der Waals surface area contributed by atoms with Crippen molar-refractivity contribution in [2.45, 2.75) is 0 Å². The Morgan fingerprint density at radius 1 is 0.714 bits per heavy atom. The fourth-order valence-electron chi connectivity index (χ4n) is 1.61. The van der Waals surface area contributed by atoms with Gasteiger partial charge in [0.25, 0.3) is 0 Å². The molecule has 0 aliphatic heterocycles. The molecule has 109 valence electrons. The molecule has 2 aromatic carbocycles. The van der Waals surface area contributed by atoms with Gasteiger partial charge in [0.15, 0.2) is 11.5 Å². The van der Waals surface area contributed by atoms with Crippen molar-refractivity contribution < 1.29 is 27.6 Å². The highest BCUT2D eigenvalue weighted by molar-refractivity contribution is 6.20. The van der Waals surface area contributed by atoms with Gasteiger partial charge in [0.05, 0.1) is 14.2 Å².